The molecule has 0 unspecified atom stereocenters. The number of hydrogen-bond donors (Lipinski definition) is 2. The number of carboxylic acid groups (broad SMARTS) is 1. The Morgan fingerprint density at radius 2 is 2.20 bits per heavy atom. The summed E-state index contributed by atoms with van der Waals surface area (Å²) in [5.41, 5.74) is 0.763. The Hall–Kier alpha value is -2.28. The molecule has 1 amide bonds. The Kier molecular flexibility index (Phi) is 4.85. The van der Waals surface area contributed by atoms with Crippen LogP contribution in [-0.2, 0) is 20.7 Å². The molecular formula is C18H23NO6. The summed E-state index contributed by atoms with van der Waals surface area (Å²) in [4.78, 5) is 23.4. The maximum absolute atomic E-state index is 12.2. The summed E-state index contributed by atoms with van der Waals surface area (Å²) in [6.45, 7) is 4.35. The third kappa shape index (κ3) is 4.04. The number of carboxylic acids is 1. The van der Waals surface area contributed by atoms with E-state index in [-0.39, 0.29) is 24.7 Å². The molecule has 136 valence electrons. The van der Waals surface area contributed by atoms with Crippen molar-refractivity contribution in [2.24, 2.45) is 5.92 Å². The van der Waals surface area contributed by atoms with Crippen LogP contribution in [0.25, 0.3) is 0 Å². The molecule has 0 aliphatic carbocycles. The highest BCUT2D eigenvalue weighted by Gasteiger charge is 2.34. The van der Waals surface area contributed by atoms with E-state index in [0.29, 0.717) is 24.5 Å². The highest BCUT2D eigenvalue weighted by molar-refractivity contribution is 5.79. The number of rotatable bonds is 5. The van der Waals surface area contributed by atoms with Crippen molar-refractivity contribution in [1.29, 1.82) is 0 Å². The minimum Gasteiger partial charge on any atom is -0.483 e. The molecule has 0 aromatic heterocycles. The molecule has 1 aromatic carbocycles. The molecule has 1 fully saturated rings. The van der Waals surface area contributed by atoms with E-state index in [1.165, 1.54) is 0 Å². The van der Waals surface area contributed by atoms with Crippen molar-refractivity contribution < 1.29 is 28.9 Å². The highest BCUT2D eigenvalue weighted by atomic mass is 16.5. The van der Waals surface area contributed by atoms with Gasteiger partial charge in [0.25, 0.3) is 5.91 Å². The van der Waals surface area contributed by atoms with E-state index in [1.54, 1.807) is 6.07 Å². The molecule has 25 heavy (non-hydrogen) atoms. The van der Waals surface area contributed by atoms with Gasteiger partial charge < -0.3 is 24.6 Å². The van der Waals surface area contributed by atoms with Crippen molar-refractivity contribution in [1.82, 2.24) is 5.32 Å². The Balaban J connectivity index is 1.59. The molecule has 3 rings (SSSR count). The molecule has 2 N–H and O–H groups in total. The number of aliphatic carboxylic acids is 1. The molecule has 0 saturated carbocycles. The van der Waals surface area contributed by atoms with Crippen molar-refractivity contribution >= 4 is 11.9 Å². The lowest BCUT2D eigenvalue weighted by Crippen LogP contribution is -2.49. The molecule has 1 aromatic rings. The van der Waals surface area contributed by atoms with Crippen LogP contribution in [0.15, 0.2) is 18.2 Å². The average Bonchev–Trinajstić information content (AvgIpc) is 2.87. The van der Waals surface area contributed by atoms with Gasteiger partial charge in [-0.05, 0) is 26.3 Å². The van der Waals surface area contributed by atoms with E-state index in [4.69, 9.17) is 14.2 Å². The van der Waals surface area contributed by atoms with Gasteiger partial charge in [-0.15, -0.1) is 0 Å². The maximum atomic E-state index is 12.2. The lowest BCUT2D eigenvalue weighted by Gasteiger charge is -2.29. The third-order valence-corrected chi connectivity index (χ3v) is 4.43. The first-order chi connectivity index (χ1) is 11.9. The van der Waals surface area contributed by atoms with Crippen LogP contribution < -0.4 is 14.8 Å². The fourth-order valence-electron chi connectivity index (χ4n) is 3.25. The lowest BCUT2D eigenvalue weighted by atomic mass is 9.96. The number of benzene rings is 1. The number of para-hydroxylation sites is 1. The van der Waals surface area contributed by atoms with Gasteiger partial charge in [0.05, 0.1) is 6.61 Å². The molecular weight excluding hydrogens is 326 g/mol. The zero-order valence-corrected chi connectivity index (χ0v) is 14.4. The third-order valence-electron chi connectivity index (χ3n) is 4.43. The first kappa shape index (κ1) is 17.5. The van der Waals surface area contributed by atoms with E-state index in [0.717, 1.165) is 12.0 Å². The second kappa shape index (κ2) is 6.92. The molecule has 7 heteroatoms. The maximum Gasteiger partial charge on any atom is 0.310 e. The van der Waals surface area contributed by atoms with E-state index >= 15 is 0 Å². The number of hydrogen-bond acceptors (Lipinski definition) is 5. The van der Waals surface area contributed by atoms with Gasteiger partial charge in [-0.2, -0.15) is 0 Å². The first-order valence-corrected chi connectivity index (χ1v) is 8.39. The molecule has 2 atom stereocenters. The largest absolute Gasteiger partial charge is 0.483 e. The topological polar surface area (TPSA) is 94.1 Å². The Morgan fingerprint density at radius 1 is 1.40 bits per heavy atom. The Morgan fingerprint density at radius 3 is 2.96 bits per heavy atom. The van der Waals surface area contributed by atoms with Crippen molar-refractivity contribution in [2.45, 2.75) is 38.3 Å². The number of nitrogens with one attached hydrogen (secondary N) is 1. The summed E-state index contributed by atoms with van der Waals surface area (Å²) >= 11 is 0. The number of ether oxygens (including phenoxy) is 3. The van der Waals surface area contributed by atoms with Crippen molar-refractivity contribution in [3.05, 3.63) is 23.8 Å². The summed E-state index contributed by atoms with van der Waals surface area (Å²) in [5, 5.41) is 11.9. The predicted octanol–water partition coefficient (Wildman–Crippen LogP) is 1.38. The van der Waals surface area contributed by atoms with Crippen LogP contribution in [0.4, 0.5) is 0 Å². The van der Waals surface area contributed by atoms with E-state index in [2.05, 4.69) is 5.32 Å². The van der Waals surface area contributed by atoms with Crippen molar-refractivity contribution in [3.63, 3.8) is 0 Å². The smallest absolute Gasteiger partial charge is 0.310 e. The summed E-state index contributed by atoms with van der Waals surface area (Å²) in [5.74, 6) is -0.854. The zero-order chi connectivity index (χ0) is 18.0. The van der Waals surface area contributed by atoms with Crippen LogP contribution in [0.5, 0.6) is 11.5 Å². The highest BCUT2D eigenvalue weighted by Crippen LogP contribution is 2.41. The number of amides is 1. The SMILES string of the molecule is CC1(C)Cc2cccc(OCC(=O)N[C@@H]3CCOC[C@@H]3C(=O)O)c2O1. The minimum atomic E-state index is -0.970. The van der Waals surface area contributed by atoms with Crippen molar-refractivity contribution in [2.75, 3.05) is 19.8 Å². The first-order valence-electron chi connectivity index (χ1n) is 8.39. The van der Waals surface area contributed by atoms with Gasteiger partial charge in [0.2, 0.25) is 0 Å². The standard InChI is InChI=1S/C18H23NO6/c1-18(2)8-11-4-3-5-14(16(11)25-18)24-10-15(20)19-13-6-7-23-9-12(13)17(21)22/h3-5,12-13H,6-10H2,1-2H3,(H,19,20)(H,21,22)/t12-,13+/m0/s1. The molecule has 2 aliphatic heterocycles. The zero-order valence-electron chi connectivity index (χ0n) is 14.4. The molecule has 7 nitrogen and oxygen atoms in total. The fourth-order valence-corrected chi connectivity index (χ4v) is 3.25. The predicted molar refractivity (Wildman–Crippen MR) is 88.8 cm³/mol. The van der Waals surface area contributed by atoms with Gasteiger partial charge in [-0.3, -0.25) is 9.59 Å². The van der Waals surface area contributed by atoms with Gasteiger partial charge in [0.15, 0.2) is 18.1 Å². The average molecular weight is 349 g/mol. The van der Waals surface area contributed by atoms with E-state index in [9.17, 15) is 14.7 Å². The van der Waals surface area contributed by atoms with Gasteiger partial charge in [-0.1, -0.05) is 12.1 Å². The van der Waals surface area contributed by atoms with Crippen LogP contribution in [0.2, 0.25) is 0 Å². The van der Waals surface area contributed by atoms with Crippen LogP contribution in [0, 0.1) is 5.92 Å². The monoisotopic (exact) mass is 349 g/mol. The fraction of sp³-hybridized carbons (Fsp3) is 0.556. The van der Waals surface area contributed by atoms with Crippen molar-refractivity contribution in [3.8, 4) is 11.5 Å². The van der Waals surface area contributed by atoms with E-state index in [1.807, 2.05) is 26.0 Å². The van der Waals surface area contributed by atoms with Crippen LogP contribution >= 0.6 is 0 Å². The van der Waals surface area contributed by atoms with Gasteiger partial charge in [0.1, 0.15) is 11.5 Å². The molecule has 1 saturated heterocycles. The van der Waals surface area contributed by atoms with Crippen LogP contribution in [0.3, 0.4) is 0 Å². The van der Waals surface area contributed by atoms with E-state index < -0.39 is 17.9 Å². The Labute approximate surface area is 146 Å². The quantitative estimate of drug-likeness (QED) is 0.834. The summed E-state index contributed by atoms with van der Waals surface area (Å²) < 4.78 is 16.7. The summed E-state index contributed by atoms with van der Waals surface area (Å²) in [7, 11) is 0. The number of carbonyl (C=O) groups is 2. The van der Waals surface area contributed by atoms with Gasteiger partial charge in [0, 0.05) is 24.6 Å². The van der Waals surface area contributed by atoms with Gasteiger partial charge in [-0.25, -0.2) is 0 Å². The lowest BCUT2D eigenvalue weighted by molar-refractivity contribution is -0.148. The minimum absolute atomic E-state index is 0.107. The molecule has 2 aliphatic rings. The normalized spacial score (nSPS) is 24.1. The van der Waals surface area contributed by atoms with Crippen LogP contribution in [0.1, 0.15) is 25.8 Å². The summed E-state index contributed by atoms with van der Waals surface area (Å²) in [6.07, 6.45) is 1.26. The second-order valence-electron chi connectivity index (χ2n) is 7.05. The molecule has 0 bridgehead atoms. The number of fused-ring (bicyclic) bond motifs is 1. The summed E-state index contributed by atoms with van der Waals surface area (Å²) in [6, 6.07) is 5.17. The number of carbonyl (C=O) groups excluding carboxylic acids is 1. The second-order valence-corrected chi connectivity index (χ2v) is 7.05. The van der Waals surface area contributed by atoms with Crippen LogP contribution in [-0.4, -0.2) is 48.4 Å². The van der Waals surface area contributed by atoms with Gasteiger partial charge >= 0.3 is 5.97 Å². The Bertz CT molecular complexity index is 672. The molecule has 0 radical (unpaired) electrons. The molecule has 2 heterocycles. The molecule has 0 spiro atoms.